The van der Waals surface area contributed by atoms with Crippen LogP contribution in [0.25, 0.3) is 10.9 Å². The Hall–Kier alpha value is -2.05. The van der Waals surface area contributed by atoms with Crippen LogP contribution in [-0.2, 0) is 0 Å². The lowest BCUT2D eigenvalue weighted by molar-refractivity contribution is -0.0520. The molecule has 0 atom stereocenters. The van der Waals surface area contributed by atoms with Crippen molar-refractivity contribution in [3.05, 3.63) is 34.6 Å². The molecule has 84 valence electrons. The summed E-state index contributed by atoms with van der Waals surface area (Å²) in [5.74, 6) is -1.72. The third-order valence-corrected chi connectivity index (χ3v) is 1.93. The summed E-state index contributed by atoms with van der Waals surface area (Å²) in [6.45, 7) is -3.13. The summed E-state index contributed by atoms with van der Waals surface area (Å²) in [5, 5.41) is -0.0263. The molecule has 7 heteroatoms. The molecular weight excluding hydrogens is 225 g/mol. The molecule has 0 spiro atoms. The number of halogens is 3. The highest BCUT2D eigenvalue weighted by Crippen LogP contribution is 2.24. The van der Waals surface area contributed by atoms with E-state index in [9.17, 15) is 18.0 Å². The first-order valence-corrected chi connectivity index (χ1v) is 4.20. The van der Waals surface area contributed by atoms with E-state index in [1.165, 1.54) is 6.07 Å². The Bertz CT molecular complexity index is 582. The van der Waals surface area contributed by atoms with Crippen molar-refractivity contribution in [2.24, 2.45) is 0 Å². The van der Waals surface area contributed by atoms with Crippen LogP contribution in [0.1, 0.15) is 0 Å². The molecule has 0 bridgehead atoms. The van der Waals surface area contributed by atoms with Gasteiger partial charge in [0.2, 0.25) is 0 Å². The Labute approximate surface area is 86.7 Å². The third-order valence-electron chi connectivity index (χ3n) is 1.93. The summed E-state index contributed by atoms with van der Waals surface area (Å²) in [6, 6.07) is 2.13. The molecule has 0 radical (unpaired) electrons. The molecule has 1 aromatic carbocycles. The number of fused-ring (bicyclic) bond motifs is 1. The second-order valence-corrected chi connectivity index (χ2v) is 2.88. The minimum atomic E-state index is -3.13. The van der Waals surface area contributed by atoms with Gasteiger partial charge in [0.1, 0.15) is 5.52 Å². The van der Waals surface area contributed by atoms with E-state index in [4.69, 9.17) is 0 Å². The SMILES string of the molecule is O=c1[nH]cnc2c(F)c(OC(F)F)ccc12. The topological polar surface area (TPSA) is 55.0 Å². The van der Waals surface area contributed by atoms with Gasteiger partial charge in [-0.1, -0.05) is 0 Å². The highest BCUT2D eigenvalue weighted by atomic mass is 19.3. The van der Waals surface area contributed by atoms with Crippen molar-refractivity contribution in [3.8, 4) is 5.75 Å². The van der Waals surface area contributed by atoms with Crippen molar-refractivity contribution < 1.29 is 17.9 Å². The van der Waals surface area contributed by atoms with E-state index in [0.29, 0.717) is 0 Å². The van der Waals surface area contributed by atoms with E-state index in [-0.39, 0.29) is 10.9 Å². The molecule has 1 N–H and O–H groups in total. The first-order chi connectivity index (χ1) is 7.59. The number of aromatic amines is 1. The van der Waals surface area contributed by atoms with Crippen molar-refractivity contribution in [1.82, 2.24) is 9.97 Å². The van der Waals surface area contributed by atoms with Crippen molar-refractivity contribution >= 4 is 10.9 Å². The Balaban J connectivity index is 2.66. The van der Waals surface area contributed by atoms with Gasteiger partial charge in [-0.2, -0.15) is 8.78 Å². The fraction of sp³-hybridized carbons (Fsp3) is 0.111. The standard InChI is InChI=1S/C9H5F3N2O2/c10-6-5(16-9(11)12)2-1-4-7(6)13-3-14-8(4)15/h1-3,9H,(H,13,14,15). The molecule has 1 aromatic heterocycles. The second kappa shape index (κ2) is 3.84. The number of ether oxygens (including phenoxy) is 1. The number of nitrogens with one attached hydrogen (secondary N) is 1. The predicted molar refractivity (Wildman–Crippen MR) is 49.0 cm³/mol. The van der Waals surface area contributed by atoms with E-state index in [1.807, 2.05) is 0 Å². The summed E-state index contributed by atoms with van der Waals surface area (Å²) >= 11 is 0. The molecule has 0 aliphatic carbocycles. The van der Waals surface area contributed by atoms with Crippen LogP contribution in [-0.4, -0.2) is 16.6 Å². The van der Waals surface area contributed by atoms with Crippen molar-refractivity contribution in [2.45, 2.75) is 6.61 Å². The number of nitrogens with zero attached hydrogens (tertiary/aromatic N) is 1. The summed E-state index contributed by atoms with van der Waals surface area (Å²) in [5.41, 5.74) is -0.852. The molecule has 0 amide bonds. The summed E-state index contributed by atoms with van der Waals surface area (Å²) in [7, 11) is 0. The van der Waals surface area contributed by atoms with Crippen LogP contribution in [0.2, 0.25) is 0 Å². The molecule has 2 aromatic rings. The molecule has 0 aliphatic rings. The van der Waals surface area contributed by atoms with Gasteiger partial charge in [-0.25, -0.2) is 9.37 Å². The number of aromatic nitrogens is 2. The third kappa shape index (κ3) is 1.71. The largest absolute Gasteiger partial charge is 0.432 e. The predicted octanol–water partition coefficient (Wildman–Crippen LogP) is 1.66. The molecule has 0 saturated heterocycles. The Morgan fingerprint density at radius 1 is 1.38 bits per heavy atom. The van der Waals surface area contributed by atoms with Gasteiger partial charge >= 0.3 is 6.61 Å². The maximum Gasteiger partial charge on any atom is 0.387 e. The van der Waals surface area contributed by atoms with E-state index in [2.05, 4.69) is 14.7 Å². The van der Waals surface area contributed by atoms with Gasteiger partial charge in [0.15, 0.2) is 11.6 Å². The van der Waals surface area contributed by atoms with Gasteiger partial charge in [-0.05, 0) is 12.1 Å². The first-order valence-electron chi connectivity index (χ1n) is 4.20. The normalized spacial score (nSPS) is 11.0. The van der Waals surface area contributed by atoms with Gasteiger partial charge in [0, 0.05) is 0 Å². The number of alkyl halides is 2. The average Bonchev–Trinajstić information content (AvgIpc) is 2.23. The number of H-pyrrole nitrogens is 1. The van der Waals surface area contributed by atoms with Crippen LogP contribution < -0.4 is 10.3 Å². The van der Waals surface area contributed by atoms with Crippen LogP contribution >= 0.6 is 0 Å². The van der Waals surface area contributed by atoms with Crippen molar-refractivity contribution in [2.75, 3.05) is 0 Å². The zero-order chi connectivity index (χ0) is 11.7. The molecule has 2 rings (SSSR count). The van der Waals surface area contributed by atoms with Crippen LogP contribution in [0.4, 0.5) is 13.2 Å². The monoisotopic (exact) mass is 230 g/mol. The van der Waals surface area contributed by atoms with Crippen molar-refractivity contribution in [3.63, 3.8) is 0 Å². The second-order valence-electron chi connectivity index (χ2n) is 2.88. The van der Waals surface area contributed by atoms with Crippen LogP contribution in [0.15, 0.2) is 23.3 Å². The van der Waals surface area contributed by atoms with Gasteiger partial charge in [0.25, 0.3) is 5.56 Å². The van der Waals surface area contributed by atoms with Gasteiger partial charge in [0.05, 0.1) is 11.7 Å². The van der Waals surface area contributed by atoms with Gasteiger partial charge in [-0.3, -0.25) is 4.79 Å². The van der Waals surface area contributed by atoms with E-state index < -0.39 is 23.7 Å². The Kier molecular flexibility index (Phi) is 2.51. The number of hydrogen-bond acceptors (Lipinski definition) is 3. The number of benzene rings is 1. The van der Waals surface area contributed by atoms with Gasteiger partial charge in [-0.15, -0.1) is 0 Å². The molecular formula is C9H5F3N2O2. The molecule has 0 saturated carbocycles. The molecule has 1 heterocycles. The fourth-order valence-electron chi connectivity index (χ4n) is 1.28. The first kappa shape index (κ1) is 10.5. The van der Waals surface area contributed by atoms with E-state index in [0.717, 1.165) is 12.4 Å². The lowest BCUT2D eigenvalue weighted by atomic mass is 10.2. The summed E-state index contributed by atoms with van der Waals surface area (Å²) in [6.07, 6.45) is 0.986. The average molecular weight is 230 g/mol. The minimum absolute atomic E-state index is 0.0263. The smallest absolute Gasteiger partial charge is 0.387 e. The van der Waals surface area contributed by atoms with Crippen LogP contribution in [0.5, 0.6) is 5.75 Å². The van der Waals surface area contributed by atoms with Crippen molar-refractivity contribution in [1.29, 1.82) is 0 Å². The van der Waals surface area contributed by atoms with Crippen LogP contribution in [0.3, 0.4) is 0 Å². The summed E-state index contributed by atoms with van der Waals surface area (Å²) in [4.78, 5) is 17.0. The van der Waals surface area contributed by atoms with Gasteiger partial charge < -0.3 is 9.72 Å². The highest BCUT2D eigenvalue weighted by Gasteiger charge is 2.14. The molecule has 0 aliphatic heterocycles. The molecule has 4 nitrogen and oxygen atoms in total. The Morgan fingerprint density at radius 3 is 2.81 bits per heavy atom. The minimum Gasteiger partial charge on any atom is -0.432 e. The zero-order valence-corrected chi connectivity index (χ0v) is 7.71. The van der Waals surface area contributed by atoms with Crippen LogP contribution in [0, 0.1) is 5.82 Å². The lowest BCUT2D eigenvalue weighted by Crippen LogP contribution is -2.09. The fourth-order valence-corrected chi connectivity index (χ4v) is 1.28. The molecule has 0 unspecified atom stereocenters. The number of rotatable bonds is 2. The highest BCUT2D eigenvalue weighted by molar-refractivity contribution is 5.79. The number of hydrogen-bond donors (Lipinski definition) is 1. The maximum absolute atomic E-state index is 13.5. The lowest BCUT2D eigenvalue weighted by Gasteiger charge is -2.06. The molecule has 16 heavy (non-hydrogen) atoms. The van der Waals surface area contributed by atoms with E-state index in [1.54, 1.807) is 0 Å². The zero-order valence-electron chi connectivity index (χ0n) is 7.71. The quantitative estimate of drug-likeness (QED) is 0.853. The molecule has 0 fully saturated rings. The maximum atomic E-state index is 13.5. The van der Waals surface area contributed by atoms with E-state index >= 15 is 0 Å². The Morgan fingerprint density at radius 2 is 2.12 bits per heavy atom. The summed E-state index contributed by atoms with van der Waals surface area (Å²) < 4.78 is 41.3.